The topological polar surface area (TPSA) is 38.1 Å². The van der Waals surface area contributed by atoms with Crippen LogP contribution in [0.3, 0.4) is 0 Å². The number of carbonyl (C=O) groups is 1. The maximum absolute atomic E-state index is 12.3. The number of amides is 1. The molecule has 0 aliphatic carbocycles. The molecule has 5 heteroatoms. The van der Waals surface area contributed by atoms with E-state index in [9.17, 15) is 4.79 Å². The van der Waals surface area contributed by atoms with Crippen LogP contribution >= 0.6 is 11.6 Å². The average molecular weight is 346 g/mol. The molecule has 24 heavy (non-hydrogen) atoms. The molecule has 1 aromatic carbocycles. The van der Waals surface area contributed by atoms with E-state index in [1.165, 1.54) is 5.56 Å². The highest BCUT2D eigenvalue weighted by atomic mass is 35.5. The number of aryl methyl sites for hydroxylation is 1. The summed E-state index contributed by atoms with van der Waals surface area (Å²) in [6, 6.07) is 8.25. The number of likely N-dealkylation sites (N-methyl/N-ethyl adjacent to an activating group) is 1. The zero-order chi connectivity index (χ0) is 17.7. The highest BCUT2D eigenvalue weighted by molar-refractivity contribution is 6.31. The monoisotopic (exact) mass is 345 g/mol. The molecule has 0 aliphatic rings. The minimum atomic E-state index is -0.0668. The van der Waals surface area contributed by atoms with Crippen molar-refractivity contribution in [1.82, 2.24) is 14.7 Å². The maximum atomic E-state index is 12.3. The number of hydrogen-bond acceptors (Lipinski definition) is 2. The Hall–Kier alpha value is -2.07. The second-order valence-electron chi connectivity index (χ2n) is 6.10. The second-order valence-corrected chi connectivity index (χ2v) is 6.51. The number of carbonyl (C=O) groups excluding carboxylic acids is 1. The summed E-state index contributed by atoms with van der Waals surface area (Å²) < 4.78 is 1.81. The van der Waals surface area contributed by atoms with Gasteiger partial charge in [0.25, 0.3) is 0 Å². The molecule has 0 fully saturated rings. The first-order valence-electron chi connectivity index (χ1n) is 8.15. The van der Waals surface area contributed by atoms with Gasteiger partial charge in [-0.25, -0.2) is 0 Å². The van der Waals surface area contributed by atoms with Crippen molar-refractivity contribution in [2.75, 3.05) is 7.05 Å². The first-order chi connectivity index (χ1) is 11.4. The summed E-state index contributed by atoms with van der Waals surface area (Å²) in [5.74, 6) is 0.437. The Labute approximate surface area is 148 Å². The molecule has 1 amide bonds. The quantitative estimate of drug-likeness (QED) is 0.730. The van der Waals surface area contributed by atoms with Crippen molar-refractivity contribution in [3.8, 4) is 0 Å². The molecule has 2 aromatic rings. The predicted octanol–water partition coefficient (Wildman–Crippen LogP) is 4.35. The lowest BCUT2D eigenvalue weighted by molar-refractivity contribution is -0.125. The van der Waals surface area contributed by atoms with E-state index in [1.807, 2.05) is 25.1 Å². The lowest BCUT2D eigenvalue weighted by atomic mass is 10.0. The van der Waals surface area contributed by atoms with Gasteiger partial charge in [0, 0.05) is 19.7 Å². The van der Waals surface area contributed by atoms with Crippen LogP contribution in [-0.4, -0.2) is 27.6 Å². The molecule has 0 N–H and O–H groups in total. The molecule has 1 aromatic heterocycles. The van der Waals surface area contributed by atoms with Crippen molar-refractivity contribution >= 4 is 23.6 Å². The van der Waals surface area contributed by atoms with Crippen LogP contribution in [-0.2, 0) is 17.9 Å². The van der Waals surface area contributed by atoms with Gasteiger partial charge in [-0.1, -0.05) is 49.7 Å². The van der Waals surface area contributed by atoms with Crippen LogP contribution < -0.4 is 0 Å². The molecule has 0 saturated carbocycles. The third-order valence-electron chi connectivity index (χ3n) is 3.98. The number of nitrogens with zero attached hydrogens (tertiary/aromatic N) is 3. The summed E-state index contributed by atoms with van der Waals surface area (Å²) in [5.41, 5.74) is 3.15. The minimum absolute atomic E-state index is 0.0668. The second kappa shape index (κ2) is 8.15. The van der Waals surface area contributed by atoms with Gasteiger partial charge in [0.05, 0.1) is 23.5 Å². The van der Waals surface area contributed by atoms with Crippen LogP contribution in [0.5, 0.6) is 0 Å². The highest BCUT2D eigenvalue weighted by Gasteiger charge is 2.13. The van der Waals surface area contributed by atoms with Gasteiger partial charge in [0.2, 0.25) is 5.91 Å². The molecule has 4 nitrogen and oxygen atoms in total. The molecule has 128 valence electrons. The van der Waals surface area contributed by atoms with Crippen molar-refractivity contribution in [1.29, 1.82) is 0 Å². The van der Waals surface area contributed by atoms with Crippen molar-refractivity contribution in [2.24, 2.45) is 0 Å². The molecule has 0 radical (unpaired) electrons. The van der Waals surface area contributed by atoms with E-state index >= 15 is 0 Å². The minimum Gasteiger partial charge on any atom is -0.336 e. The van der Waals surface area contributed by atoms with Crippen molar-refractivity contribution in [3.63, 3.8) is 0 Å². The number of rotatable bonds is 6. The summed E-state index contributed by atoms with van der Waals surface area (Å²) in [6.45, 7) is 7.48. The van der Waals surface area contributed by atoms with Gasteiger partial charge >= 0.3 is 0 Å². The molecule has 0 bridgehead atoms. The van der Waals surface area contributed by atoms with E-state index < -0.39 is 0 Å². The van der Waals surface area contributed by atoms with Gasteiger partial charge < -0.3 is 4.90 Å². The summed E-state index contributed by atoms with van der Waals surface area (Å²) in [5, 5.41) is 4.78. The highest BCUT2D eigenvalue weighted by Crippen LogP contribution is 2.17. The van der Waals surface area contributed by atoms with Gasteiger partial charge in [0.15, 0.2) is 0 Å². The molecule has 0 aliphatic heterocycles. The van der Waals surface area contributed by atoms with E-state index in [4.69, 9.17) is 11.6 Å². The Morgan fingerprint density at radius 2 is 2.00 bits per heavy atom. The summed E-state index contributed by atoms with van der Waals surface area (Å²) >= 11 is 6.15. The number of halogens is 1. The number of benzene rings is 1. The van der Waals surface area contributed by atoms with Crippen molar-refractivity contribution in [2.45, 2.75) is 39.8 Å². The SMILES string of the molecule is CCn1ncc(Cl)c1CN(C)C(=O)/C=C/c1ccc(C(C)C)cc1. The summed E-state index contributed by atoms with van der Waals surface area (Å²) in [4.78, 5) is 13.9. The summed E-state index contributed by atoms with van der Waals surface area (Å²) in [6.07, 6.45) is 5.04. The first kappa shape index (κ1) is 18.3. The van der Waals surface area contributed by atoms with E-state index in [-0.39, 0.29) is 5.91 Å². The van der Waals surface area contributed by atoms with E-state index in [1.54, 1.807) is 28.9 Å². The van der Waals surface area contributed by atoms with E-state index in [0.717, 1.165) is 17.8 Å². The van der Waals surface area contributed by atoms with Crippen molar-refractivity contribution in [3.05, 3.63) is 58.4 Å². The van der Waals surface area contributed by atoms with Crippen molar-refractivity contribution < 1.29 is 4.79 Å². The standard InChI is InChI=1S/C19H24ClN3O/c1-5-23-18(17(20)12-21-23)13-22(4)19(24)11-8-15-6-9-16(10-7-15)14(2)3/h6-12,14H,5,13H2,1-4H3/b11-8+. The van der Waals surface area contributed by atoms with E-state index in [0.29, 0.717) is 17.5 Å². The van der Waals surface area contributed by atoms with Gasteiger partial charge in [-0.05, 0) is 30.0 Å². The van der Waals surface area contributed by atoms with E-state index in [2.05, 4.69) is 31.1 Å². The number of aromatic nitrogens is 2. The lowest BCUT2D eigenvalue weighted by Gasteiger charge is -2.16. The molecule has 0 unspecified atom stereocenters. The van der Waals surface area contributed by atoms with Crippen LogP contribution in [0.15, 0.2) is 36.5 Å². The fourth-order valence-corrected chi connectivity index (χ4v) is 2.61. The molecule has 1 heterocycles. The van der Waals surface area contributed by atoms with Crippen LogP contribution in [0.2, 0.25) is 5.02 Å². The zero-order valence-corrected chi connectivity index (χ0v) is 15.4. The summed E-state index contributed by atoms with van der Waals surface area (Å²) in [7, 11) is 1.76. The predicted molar refractivity (Wildman–Crippen MR) is 99.0 cm³/mol. The Bertz CT molecular complexity index is 717. The smallest absolute Gasteiger partial charge is 0.246 e. The fraction of sp³-hybridized carbons (Fsp3) is 0.368. The zero-order valence-electron chi connectivity index (χ0n) is 14.7. The van der Waals surface area contributed by atoms with Gasteiger partial charge in [-0.3, -0.25) is 9.48 Å². The molecule has 0 atom stereocenters. The third kappa shape index (κ3) is 4.48. The number of hydrogen-bond donors (Lipinski definition) is 0. The fourth-order valence-electron chi connectivity index (χ4n) is 2.41. The molecule has 0 saturated heterocycles. The van der Waals surface area contributed by atoms with Gasteiger partial charge in [-0.15, -0.1) is 0 Å². The lowest BCUT2D eigenvalue weighted by Crippen LogP contribution is -2.25. The van der Waals surface area contributed by atoms with Crippen LogP contribution in [0.25, 0.3) is 6.08 Å². The van der Waals surface area contributed by atoms with Crippen LogP contribution in [0.4, 0.5) is 0 Å². The molecular weight excluding hydrogens is 322 g/mol. The van der Waals surface area contributed by atoms with Crippen LogP contribution in [0.1, 0.15) is 43.5 Å². The maximum Gasteiger partial charge on any atom is 0.246 e. The largest absolute Gasteiger partial charge is 0.336 e. The Morgan fingerprint density at radius 3 is 2.58 bits per heavy atom. The Kier molecular flexibility index (Phi) is 6.21. The average Bonchev–Trinajstić information content (AvgIpc) is 2.93. The van der Waals surface area contributed by atoms with Gasteiger partial charge in [0.1, 0.15) is 0 Å². The Balaban J connectivity index is 2.01. The first-order valence-corrected chi connectivity index (χ1v) is 8.53. The molecular formula is C19H24ClN3O. The van der Waals surface area contributed by atoms with Crippen LogP contribution in [0, 0.1) is 0 Å². The Morgan fingerprint density at radius 1 is 1.33 bits per heavy atom. The molecule has 0 spiro atoms. The van der Waals surface area contributed by atoms with Gasteiger partial charge in [-0.2, -0.15) is 5.10 Å². The molecule has 2 rings (SSSR count). The normalized spacial score (nSPS) is 11.4. The third-order valence-corrected chi connectivity index (χ3v) is 4.30.